The van der Waals surface area contributed by atoms with Crippen LogP contribution >= 0.6 is 0 Å². The number of aryl methyl sites for hydroxylation is 1. The third-order valence-electron chi connectivity index (χ3n) is 3.62. The van der Waals surface area contributed by atoms with Crippen LogP contribution in [0.5, 0.6) is 5.75 Å². The van der Waals surface area contributed by atoms with Crippen molar-refractivity contribution >= 4 is 27.3 Å². The van der Waals surface area contributed by atoms with Gasteiger partial charge in [-0.25, -0.2) is 8.42 Å². The van der Waals surface area contributed by atoms with Gasteiger partial charge in [0.1, 0.15) is 10.6 Å². The van der Waals surface area contributed by atoms with E-state index in [0.29, 0.717) is 17.1 Å². The molecule has 0 aliphatic carbocycles. The van der Waals surface area contributed by atoms with E-state index in [4.69, 9.17) is 4.74 Å². The largest absolute Gasteiger partial charge is 0.495 e. The van der Waals surface area contributed by atoms with Crippen LogP contribution in [-0.2, 0) is 14.8 Å². The predicted molar refractivity (Wildman–Crippen MR) is 90.5 cm³/mol. The number of carbonyl (C=O) groups is 1. The number of amides is 1. The lowest BCUT2D eigenvalue weighted by Gasteiger charge is -2.27. The lowest BCUT2D eigenvalue weighted by Crippen LogP contribution is -2.51. The zero-order valence-electron chi connectivity index (χ0n) is 13.2. The van der Waals surface area contributed by atoms with E-state index < -0.39 is 22.1 Å². The number of sulfonamides is 1. The summed E-state index contributed by atoms with van der Waals surface area (Å²) >= 11 is 0. The third kappa shape index (κ3) is 3.06. The van der Waals surface area contributed by atoms with Crippen molar-refractivity contribution in [2.24, 2.45) is 0 Å². The summed E-state index contributed by atoms with van der Waals surface area (Å²) in [4.78, 5) is 12.6. The summed E-state index contributed by atoms with van der Waals surface area (Å²) in [6.07, 6.45) is -1.12. The van der Waals surface area contributed by atoms with Crippen LogP contribution in [0.4, 0.5) is 11.4 Å². The molecule has 0 fully saturated rings. The highest BCUT2D eigenvalue weighted by Crippen LogP contribution is 2.28. The van der Waals surface area contributed by atoms with E-state index in [1.54, 1.807) is 36.4 Å². The van der Waals surface area contributed by atoms with Crippen molar-refractivity contribution in [3.05, 3.63) is 48.0 Å². The second kappa shape index (κ2) is 6.14. The fraction of sp³-hybridized carbons (Fsp3) is 0.188. The smallest absolute Gasteiger partial charge is 0.263 e. The monoisotopic (exact) mass is 347 g/mol. The van der Waals surface area contributed by atoms with Crippen LogP contribution in [0, 0.1) is 6.92 Å². The van der Waals surface area contributed by atoms with Gasteiger partial charge < -0.3 is 15.4 Å². The summed E-state index contributed by atoms with van der Waals surface area (Å²) < 4.78 is 32.1. The number of ether oxygens (including phenoxy) is 1. The highest BCUT2D eigenvalue weighted by Gasteiger charge is 2.33. The topological polar surface area (TPSA) is 96.5 Å². The van der Waals surface area contributed by atoms with Gasteiger partial charge in [-0.15, -0.1) is 0 Å². The average Bonchev–Trinajstić information content (AvgIpc) is 2.54. The molecule has 3 N–H and O–H groups in total. The Morgan fingerprint density at radius 1 is 1.21 bits per heavy atom. The maximum atomic E-state index is 12.5. The number of nitrogens with one attached hydrogen (secondary N) is 3. The summed E-state index contributed by atoms with van der Waals surface area (Å²) in [5, 5.41) is 5.57. The molecule has 0 spiro atoms. The van der Waals surface area contributed by atoms with E-state index in [1.165, 1.54) is 13.2 Å². The van der Waals surface area contributed by atoms with Crippen molar-refractivity contribution in [1.82, 2.24) is 4.72 Å². The van der Waals surface area contributed by atoms with Gasteiger partial charge in [0, 0.05) is 0 Å². The molecular formula is C16H17N3O4S. The molecule has 0 aromatic heterocycles. The zero-order valence-corrected chi connectivity index (χ0v) is 14.0. The van der Waals surface area contributed by atoms with E-state index in [0.717, 1.165) is 5.56 Å². The Labute approximate surface area is 140 Å². The Morgan fingerprint density at radius 3 is 2.71 bits per heavy atom. The molecule has 2 aromatic rings. The molecule has 126 valence electrons. The molecule has 0 saturated heterocycles. The molecule has 0 saturated carbocycles. The number of para-hydroxylation sites is 2. The van der Waals surface area contributed by atoms with E-state index in [-0.39, 0.29) is 4.90 Å². The first-order chi connectivity index (χ1) is 11.4. The number of hydrogen-bond acceptors (Lipinski definition) is 5. The minimum absolute atomic E-state index is 0.120. The van der Waals surface area contributed by atoms with Crippen molar-refractivity contribution in [2.45, 2.75) is 18.0 Å². The van der Waals surface area contributed by atoms with E-state index >= 15 is 0 Å². The van der Waals surface area contributed by atoms with Crippen LogP contribution < -0.4 is 20.1 Å². The summed E-state index contributed by atoms with van der Waals surface area (Å²) in [7, 11) is -2.27. The Morgan fingerprint density at radius 2 is 1.96 bits per heavy atom. The van der Waals surface area contributed by atoms with Crippen LogP contribution in [0.3, 0.4) is 0 Å². The standard InChI is InChI=1S/C16H17N3O4S/c1-10-7-8-14-12(9-10)17-15(19-24(14,21)22)16(20)18-11-5-3-4-6-13(11)23-2/h3-9,15,17,19H,1-2H3,(H,18,20)/t15-/m1/s1. The second-order valence-electron chi connectivity index (χ2n) is 5.39. The SMILES string of the molecule is COc1ccccc1NC(=O)[C@@H]1Nc2cc(C)ccc2S(=O)(=O)N1. The van der Waals surface area contributed by atoms with Gasteiger partial charge in [-0.3, -0.25) is 4.79 Å². The van der Waals surface area contributed by atoms with Crippen molar-refractivity contribution in [3.63, 3.8) is 0 Å². The summed E-state index contributed by atoms with van der Waals surface area (Å²) in [5.41, 5.74) is 1.75. The minimum Gasteiger partial charge on any atom is -0.495 e. The number of fused-ring (bicyclic) bond motifs is 1. The fourth-order valence-electron chi connectivity index (χ4n) is 2.47. The molecular weight excluding hydrogens is 330 g/mol. The third-order valence-corrected chi connectivity index (χ3v) is 5.11. The molecule has 2 aromatic carbocycles. The van der Waals surface area contributed by atoms with Crippen LogP contribution in [0.25, 0.3) is 0 Å². The lowest BCUT2D eigenvalue weighted by atomic mass is 10.2. The first kappa shape index (κ1) is 16.3. The molecule has 0 bridgehead atoms. The van der Waals surface area contributed by atoms with Gasteiger partial charge in [-0.2, -0.15) is 4.72 Å². The summed E-state index contributed by atoms with van der Waals surface area (Å²) in [6, 6.07) is 11.8. The molecule has 3 rings (SSSR count). The molecule has 1 amide bonds. The van der Waals surface area contributed by atoms with E-state index in [1.807, 2.05) is 6.92 Å². The summed E-state index contributed by atoms with van der Waals surface area (Å²) in [6.45, 7) is 1.85. The molecule has 1 atom stereocenters. The molecule has 7 nitrogen and oxygen atoms in total. The van der Waals surface area contributed by atoms with Crippen LogP contribution in [0.1, 0.15) is 5.56 Å². The Kier molecular flexibility index (Phi) is 4.16. The van der Waals surface area contributed by atoms with Crippen molar-refractivity contribution in [2.75, 3.05) is 17.7 Å². The maximum absolute atomic E-state index is 12.5. The predicted octanol–water partition coefficient (Wildman–Crippen LogP) is 1.67. The first-order valence-electron chi connectivity index (χ1n) is 7.24. The minimum atomic E-state index is -3.77. The number of benzene rings is 2. The second-order valence-corrected chi connectivity index (χ2v) is 7.07. The number of methoxy groups -OCH3 is 1. The molecule has 8 heteroatoms. The highest BCUT2D eigenvalue weighted by atomic mass is 32.2. The van der Waals surface area contributed by atoms with Crippen LogP contribution in [0.2, 0.25) is 0 Å². The van der Waals surface area contributed by atoms with Crippen molar-refractivity contribution in [3.8, 4) is 5.75 Å². The van der Waals surface area contributed by atoms with Gasteiger partial charge in [0.25, 0.3) is 5.91 Å². The Hall–Kier alpha value is -2.58. The molecule has 0 unspecified atom stereocenters. The number of anilines is 2. The molecule has 1 aliphatic heterocycles. The molecule has 0 radical (unpaired) electrons. The highest BCUT2D eigenvalue weighted by molar-refractivity contribution is 7.89. The van der Waals surface area contributed by atoms with Gasteiger partial charge >= 0.3 is 0 Å². The summed E-state index contributed by atoms with van der Waals surface area (Å²) in [5.74, 6) is -0.0454. The quantitative estimate of drug-likeness (QED) is 0.785. The average molecular weight is 347 g/mol. The van der Waals surface area contributed by atoms with Crippen LogP contribution in [0.15, 0.2) is 47.4 Å². The number of carbonyl (C=O) groups excluding carboxylic acids is 1. The van der Waals surface area contributed by atoms with Gasteiger partial charge in [-0.1, -0.05) is 18.2 Å². The zero-order chi connectivity index (χ0) is 17.3. The van der Waals surface area contributed by atoms with E-state index in [2.05, 4.69) is 15.4 Å². The van der Waals surface area contributed by atoms with Gasteiger partial charge in [-0.05, 0) is 36.8 Å². The van der Waals surface area contributed by atoms with Crippen LogP contribution in [-0.4, -0.2) is 27.6 Å². The van der Waals surface area contributed by atoms with Gasteiger partial charge in [0.05, 0.1) is 18.5 Å². The van der Waals surface area contributed by atoms with Gasteiger partial charge in [0.15, 0.2) is 6.17 Å². The molecule has 24 heavy (non-hydrogen) atoms. The van der Waals surface area contributed by atoms with Crippen molar-refractivity contribution in [1.29, 1.82) is 0 Å². The van der Waals surface area contributed by atoms with E-state index in [9.17, 15) is 13.2 Å². The number of rotatable bonds is 3. The van der Waals surface area contributed by atoms with Gasteiger partial charge in [0.2, 0.25) is 10.0 Å². The number of hydrogen-bond donors (Lipinski definition) is 3. The Bertz CT molecular complexity index is 896. The molecule has 1 heterocycles. The molecule has 1 aliphatic rings. The van der Waals surface area contributed by atoms with Crippen molar-refractivity contribution < 1.29 is 17.9 Å². The lowest BCUT2D eigenvalue weighted by molar-refractivity contribution is -0.117. The maximum Gasteiger partial charge on any atom is 0.263 e. The Balaban J connectivity index is 1.87. The normalized spacial score (nSPS) is 18.2. The fourth-order valence-corrected chi connectivity index (χ4v) is 3.72. The first-order valence-corrected chi connectivity index (χ1v) is 8.72.